The van der Waals surface area contributed by atoms with Crippen molar-refractivity contribution < 1.29 is 28.7 Å². The van der Waals surface area contributed by atoms with E-state index in [-0.39, 0.29) is 58.6 Å². The molecule has 6 nitrogen and oxygen atoms in total. The molecule has 0 bridgehead atoms. The summed E-state index contributed by atoms with van der Waals surface area (Å²) in [6.45, 7) is 3.57. The molecule has 32 heavy (non-hydrogen) atoms. The standard InChI is InChI=1S/C25H22FNO5/c1-3-27-24(31)14-8-7-12-15(20(14)25(27)32)10-16-18(28)9-11(2)22(29)21(16)19(12)13-5-4-6-17(26)23(13)30/h4-7,9,14-15,19-20,30H,3,8,10H2,1-2H3. The Morgan fingerprint density at radius 1 is 1.12 bits per heavy atom. The summed E-state index contributed by atoms with van der Waals surface area (Å²) in [5, 5.41) is 10.5. The van der Waals surface area contributed by atoms with Gasteiger partial charge in [-0.15, -0.1) is 0 Å². The van der Waals surface area contributed by atoms with Gasteiger partial charge in [-0.3, -0.25) is 24.1 Å². The van der Waals surface area contributed by atoms with Crippen LogP contribution in [0.4, 0.5) is 4.39 Å². The van der Waals surface area contributed by atoms with Gasteiger partial charge in [0, 0.05) is 34.7 Å². The molecule has 2 amide bonds. The van der Waals surface area contributed by atoms with E-state index in [4.69, 9.17) is 0 Å². The van der Waals surface area contributed by atoms with Crippen molar-refractivity contribution in [2.75, 3.05) is 6.54 Å². The van der Waals surface area contributed by atoms with Crippen LogP contribution in [-0.2, 0) is 19.2 Å². The lowest BCUT2D eigenvalue weighted by Crippen LogP contribution is -2.39. The summed E-state index contributed by atoms with van der Waals surface area (Å²) in [5.41, 5.74) is 1.69. The summed E-state index contributed by atoms with van der Waals surface area (Å²) in [5.74, 6) is -5.00. The monoisotopic (exact) mass is 435 g/mol. The van der Waals surface area contributed by atoms with Crippen LogP contribution in [0.1, 0.15) is 38.2 Å². The number of hydrogen-bond donors (Lipinski definition) is 1. The van der Waals surface area contributed by atoms with Crippen LogP contribution in [0.5, 0.6) is 5.75 Å². The third-order valence-corrected chi connectivity index (χ3v) is 7.30. The second kappa shape index (κ2) is 7.08. The Morgan fingerprint density at radius 2 is 1.88 bits per heavy atom. The van der Waals surface area contributed by atoms with Crippen LogP contribution in [0.3, 0.4) is 0 Å². The summed E-state index contributed by atoms with van der Waals surface area (Å²) < 4.78 is 14.3. The number of carbonyl (C=O) groups is 4. The highest BCUT2D eigenvalue weighted by atomic mass is 19.1. The molecule has 1 fully saturated rings. The number of phenolic OH excluding ortho intramolecular Hbond substituents is 1. The molecule has 7 heteroatoms. The van der Waals surface area contributed by atoms with Crippen LogP contribution >= 0.6 is 0 Å². The number of para-hydroxylation sites is 1. The Hall–Kier alpha value is -3.35. The number of imide groups is 1. The summed E-state index contributed by atoms with van der Waals surface area (Å²) >= 11 is 0. The smallest absolute Gasteiger partial charge is 0.233 e. The summed E-state index contributed by atoms with van der Waals surface area (Å²) in [6, 6.07) is 4.10. The lowest BCUT2D eigenvalue weighted by atomic mass is 9.59. The van der Waals surface area contributed by atoms with Crippen molar-refractivity contribution in [3.63, 3.8) is 0 Å². The third kappa shape index (κ3) is 2.63. The number of benzene rings is 1. The number of Topliss-reactive ketones (excluding diaryl/α,β-unsaturated/α-hetero) is 1. The first-order valence-corrected chi connectivity index (χ1v) is 10.8. The van der Waals surface area contributed by atoms with Gasteiger partial charge in [0.25, 0.3) is 0 Å². The van der Waals surface area contributed by atoms with E-state index in [1.54, 1.807) is 13.8 Å². The second-order valence-electron chi connectivity index (χ2n) is 8.83. The fourth-order valence-corrected chi connectivity index (χ4v) is 5.86. The topological polar surface area (TPSA) is 91.8 Å². The van der Waals surface area contributed by atoms with Gasteiger partial charge in [-0.05, 0) is 44.7 Å². The highest BCUT2D eigenvalue weighted by Crippen LogP contribution is 2.56. The molecule has 1 N–H and O–H groups in total. The van der Waals surface area contributed by atoms with Crippen molar-refractivity contribution in [1.29, 1.82) is 0 Å². The lowest BCUT2D eigenvalue weighted by Gasteiger charge is -2.42. The molecular formula is C25H22FNO5. The number of phenols is 1. The number of allylic oxidation sites excluding steroid dienone is 6. The number of hydrogen-bond acceptors (Lipinski definition) is 5. The van der Waals surface area contributed by atoms with Crippen LogP contribution < -0.4 is 0 Å². The van der Waals surface area contributed by atoms with E-state index >= 15 is 0 Å². The molecule has 0 saturated carbocycles. The van der Waals surface area contributed by atoms with Gasteiger partial charge in [-0.2, -0.15) is 0 Å². The number of halogens is 1. The largest absolute Gasteiger partial charge is 0.505 e. The van der Waals surface area contributed by atoms with E-state index in [1.165, 1.54) is 23.1 Å². The number of likely N-dealkylation sites (tertiary alicyclic amines) is 1. The minimum absolute atomic E-state index is 0.167. The van der Waals surface area contributed by atoms with Crippen LogP contribution in [0.2, 0.25) is 0 Å². The van der Waals surface area contributed by atoms with Crippen molar-refractivity contribution in [3.05, 3.63) is 64.0 Å². The van der Waals surface area contributed by atoms with Gasteiger partial charge in [0.2, 0.25) is 11.8 Å². The number of ketones is 2. The van der Waals surface area contributed by atoms with Crippen LogP contribution in [-0.4, -0.2) is 39.9 Å². The predicted molar refractivity (Wildman–Crippen MR) is 112 cm³/mol. The Kier molecular flexibility index (Phi) is 4.55. The van der Waals surface area contributed by atoms with Gasteiger partial charge in [-0.1, -0.05) is 23.8 Å². The van der Waals surface area contributed by atoms with Gasteiger partial charge in [-0.25, -0.2) is 4.39 Å². The number of nitrogens with zero attached hydrogens (tertiary/aromatic N) is 1. The quantitative estimate of drug-likeness (QED) is 0.438. The maximum Gasteiger partial charge on any atom is 0.233 e. The normalized spacial score (nSPS) is 29.5. The molecule has 0 spiro atoms. The number of aromatic hydroxyl groups is 1. The zero-order valence-corrected chi connectivity index (χ0v) is 17.7. The van der Waals surface area contributed by atoms with Crippen LogP contribution in [0.25, 0.3) is 0 Å². The van der Waals surface area contributed by atoms with Crippen molar-refractivity contribution in [1.82, 2.24) is 4.90 Å². The number of carbonyl (C=O) groups excluding carboxylic acids is 4. The molecule has 164 valence electrons. The Balaban J connectivity index is 1.73. The first-order chi connectivity index (χ1) is 15.3. The minimum atomic E-state index is -0.848. The zero-order valence-electron chi connectivity index (χ0n) is 17.7. The molecule has 0 radical (unpaired) electrons. The van der Waals surface area contributed by atoms with E-state index in [0.717, 1.165) is 6.07 Å². The molecular weight excluding hydrogens is 413 g/mol. The summed E-state index contributed by atoms with van der Waals surface area (Å²) in [4.78, 5) is 53.3. The molecule has 4 atom stereocenters. The van der Waals surface area contributed by atoms with E-state index in [1.807, 2.05) is 6.08 Å². The molecule has 1 saturated heterocycles. The van der Waals surface area contributed by atoms with Crippen molar-refractivity contribution in [2.45, 2.75) is 32.6 Å². The molecule has 3 aliphatic carbocycles. The molecule has 5 rings (SSSR count). The number of fused-ring (bicyclic) bond motifs is 3. The predicted octanol–water partition coefficient (Wildman–Crippen LogP) is 2.98. The van der Waals surface area contributed by atoms with Gasteiger partial charge in [0.1, 0.15) is 0 Å². The highest BCUT2D eigenvalue weighted by Gasteiger charge is 2.56. The Bertz CT molecular complexity index is 1210. The van der Waals surface area contributed by atoms with Crippen molar-refractivity contribution in [2.24, 2.45) is 17.8 Å². The second-order valence-corrected chi connectivity index (χ2v) is 8.83. The van der Waals surface area contributed by atoms with Crippen molar-refractivity contribution >= 4 is 23.4 Å². The third-order valence-electron chi connectivity index (χ3n) is 7.30. The minimum Gasteiger partial charge on any atom is -0.505 e. The van der Waals surface area contributed by atoms with Gasteiger partial charge in [0.15, 0.2) is 23.1 Å². The maximum atomic E-state index is 14.3. The molecule has 4 unspecified atom stereocenters. The fourth-order valence-electron chi connectivity index (χ4n) is 5.86. The first kappa shape index (κ1) is 20.5. The first-order valence-electron chi connectivity index (χ1n) is 10.8. The molecule has 1 aromatic rings. The van der Waals surface area contributed by atoms with Crippen LogP contribution in [0, 0.1) is 23.6 Å². The molecule has 4 aliphatic rings. The Labute approximate surface area is 184 Å². The zero-order chi connectivity index (χ0) is 22.9. The van der Waals surface area contributed by atoms with Crippen molar-refractivity contribution in [3.8, 4) is 5.75 Å². The van der Waals surface area contributed by atoms with Gasteiger partial charge >= 0.3 is 0 Å². The number of rotatable bonds is 2. The molecule has 1 heterocycles. The Morgan fingerprint density at radius 3 is 2.59 bits per heavy atom. The summed E-state index contributed by atoms with van der Waals surface area (Å²) in [7, 11) is 0. The number of amides is 2. The average molecular weight is 435 g/mol. The SMILES string of the molecule is CCN1C(=O)C2CC=C3C(c4cccc(F)c4O)C4=C(CC3C2C1=O)C(=O)C=C(C)C4=O. The van der Waals surface area contributed by atoms with E-state index in [2.05, 4.69) is 0 Å². The average Bonchev–Trinajstić information content (AvgIpc) is 3.02. The molecule has 0 aromatic heterocycles. The molecule has 1 aromatic carbocycles. The fraction of sp³-hybridized carbons (Fsp3) is 0.360. The highest BCUT2D eigenvalue weighted by molar-refractivity contribution is 6.23. The van der Waals surface area contributed by atoms with Gasteiger partial charge in [0.05, 0.1) is 11.8 Å². The van der Waals surface area contributed by atoms with E-state index in [0.29, 0.717) is 12.0 Å². The van der Waals surface area contributed by atoms with E-state index in [9.17, 15) is 28.7 Å². The molecule has 1 aliphatic heterocycles. The van der Waals surface area contributed by atoms with E-state index < -0.39 is 35.2 Å². The van der Waals surface area contributed by atoms with Gasteiger partial charge < -0.3 is 5.11 Å². The van der Waals surface area contributed by atoms with Crippen LogP contribution in [0.15, 0.2) is 52.6 Å². The lowest BCUT2D eigenvalue weighted by molar-refractivity contribution is -0.139. The maximum absolute atomic E-state index is 14.3. The summed E-state index contributed by atoms with van der Waals surface area (Å²) in [6.07, 6.45) is 3.63.